The summed E-state index contributed by atoms with van der Waals surface area (Å²) < 4.78 is 5.33. The molecule has 0 fully saturated rings. The molecule has 0 bridgehead atoms. The van der Waals surface area contributed by atoms with Crippen molar-refractivity contribution in [1.82, 2.24) is 0 Å². The second-order valence-corrected chi connectivity index (χ2v) is 3.90. The van der Waals surface area contributed by atoms with E-state index in [2.05, 4.69) is 6.07 Å². The van der Waals surface area contributed by atoms with Crippen LogP contribution in [0.4, 0.5) is 0 Å². The molecule has 1 aliphatic carbocycles. The molecule has 0 spiro atoms. The highest BCUT2D eigenvalue weighted by atomic mass is 16.6. The van der Waals surface area contributed by atoms with E-state index < -0.39 is 0 Å². The van der Waals surface area contributed by atoms with Crippen molar-refractivity contribution >= 4 is 0 Å². The van der Waals surface area contributed by atoms with Gasteiger partial charge in [0.1, 0.15) is 5.75 Å². The quantitative estimate of drug-likeness (QED) is 0.771. The van der Waals surface area contributed by atoms with Crippen LogP contribution in [-0.2, 0) is 24.3 Å². The lowest BCUT2D eigenvalue weighted by atomic mass is 9.88. The van der Waals surface area contributed by atoms with Gasteiger partial charge in [-0.3, -0.25) is 4.84 Å². The zero-order chi connectivity index (χ0) is 10.7. The van der Waals surface area contributed by atoms with Gasteiger partial charge < -0.3 is 4.74 Å². The highest BCUT2D eigenvalue weighted by molar-refractivity contribution is 5.46. The minimum atomic E-state index is 0.437. The van der Waals surface area contributed by atoms with Gasteiger partial charge in [0.2, 0.25) is 0 Å². The third-order valence-electron chi connectivity index (χ3n) is 3.06. The second kappa shape index (κ2) is 4.64. The van der Waals surface area contributed by atoms with Crippen molar-refractivity contribution in [3.8, 4) is 5.75 Å². The Labute approximate surface area is 90.1 Å². The summed E-state index contributed by atoms with van der Waals surface area (Å²) in [5.74, 6) is 6.05. The molecule has 1 aromatic carbocycles. The number of nitrogens with two attached hydrogens (primary N) is 1. The van der Waals surface area contributed by atoms with Gasteiger partial charge in [-0.2, -0.15) is 0 Å². The molecule has 2 rings (SSSR count). The molecule has 3 nitrogen and oxygen atoms in total. The Bertz CT molecular complexity index is 350. The molecule has 0 unspecified atom stereocenters. The maximum atomic E-state index is 5.33. The van der Waals surface area contributed by atoms with Crippen molar-refractivity contribution in [3.63, 3.8) is 0 Å². The fraction of sp³-hybridized carbons (Fsp3) is 0.500. The molecule has 2 N–H and O–H groups in total. The van der Waals surface area contributed by atoms with Crippen LogP contribution in [0, 0.1) is 0 Å². The largest absolute Gasteiger partial charge is 0.496 e. The topological polar surface area (TPSA) is 44.5 Å². The molecule has 1 aliphatic rings. The van der Waals surface area contributed by atoms with E-state index in [1.807, 2.05) is 6.07 Å². The van der Waals surface area contributed by atoms with E-state index in [1.165, 1.54) is 24.0 Å². The average Bonchev–Trinajstić information content (AvgIpc) is 2.30. The number of aryl methyl sites for hydroxylation is 1. The van der Waals surface area contributed by atoms with Crippen LogP contribution >= 0.6 is 0 Å². The summed E-state index contributed by atoms with van der Waals surface area (Å²) >= 11 is 0. The summed E-state index contributed by atoms with van der Waals surface area (Å²) in [5.41, 5.74) is 3.93. The predicted molar refractivity (Wildman–Crippen MR) is 58.6 cm³/mol. The molecule has 0 radical (unpaired) electrons. The van der Waals surface area contributed by atoms with Crippen LogP contribution in [-0.4, -0.2) is 7.11 Å². The van der Waals surface area contributed by atoms with Gasteiger partial charge in [0.15, 0.2) is 0 Å². The van der Waals surface area contributed by atoms with Gasteiger partial charge in [0.25, 0.3) is 0 Å². The van der Waals surface area contributed by atoms with Crippen molar-refractivity contribution in [2.45, 2.75) is 32.3 Å². The van der Waals surface area contributed by atoms with Crippen LogP contribution in [0.25, 0.3) is 0 Å². The van der Waals surface area contributed by atoms with Gasteiger partial charge in [-0.25, -0.2) is 5.90 Å². The lowest BCUT2D eigenvalue weighted by Crippen LogP contribution is -2.10. The smallest absolute Gasteiger partial charge is 0.124 e. The Morgan fingerprint density at radius 3 is 2.80 bits per heavy atom. The monoisotopic (exact) mass is 207 g/mol. The maximum absolute atomic E-state index is 5.33. The van der Waals surface area contributed by atoms with E-state index in [-0.39, 0.29) is 0 Å². The summed E-state index contributed by atoms with van der Waals surface area (Å²) in [7, 11) is 1.69. The van der Waals surface area contributed by atoms with E-state index in [1.54, 1.807) is 7.11 Å². The zero-order valence-corrected chi connectivity index (χ0v) is 9.08. The molecule has 1 aromatic rings. The molecule has 0 aliphatic heterocycles. The lowest BCUT2D eigenvalue weighted by molar-refractivity contribution is 0.121. The first-order chi connectivity index (χ1) is 7.36. The van der Waals surface area contributed by atoms with Gasteiger partial charge in [0, 0.05) is 5.56 Å². The van der Waals surface area contributed by atoms with Crippen LogP contribution in [0.5, 0.6) is 5.75 Å². The number of benzene rings is 1. The summed E-state index contributed by atoms with van der Waals surface area (Å²) in [5, 5.41) is 0. The Morgan fingerprint density at radius 2 is 2.07 bits per heavy atom. The number of fused-ring (bicyclic) bond motifs is 1. The molecule has 0 heterocycles. The van der Waals surface area contributed by atoms with Crippen molar-refractivity contribution < 1.29 is 9.57 Å². The molecular formula is C12H17NO2. The average molecular weight is 207 g/mol. The summed E-state index contributed by atoms with van der Waals surface area (Å²) in [6, 6.07) is 4.17. The highest BCUT2D eigenvalue weighted by Gasteiger charge is 2.16. The summed E-state index contributed by atoms with van der Waals surface area (Å²) in [6.45, 7) is 0.437. The SMILES string of the molecule is COc1ccc2c(c1CON)CCCC2. The Morgan fingerprint density at radius 1 is 1.27 bits per heavy atom. The van der Waals surface area contributed by atoms with E-state index in [4.69, 9.17) is 15.5 Å². The maximum Gasteiger partial charge on any atom is 0.124 e. The minimum Gasteiger partial charge on any atom is -0.496 e. The molecule has 3 heteroatoms. The molecule has 82 valence electrons. The number of methoxy groups -OCH3 is 1. The van der Waals surface area contributed by atoms with Gasteiger partial charge in [-0.1, -0.05) is 6.07 Å². The number of hydrogen-bond acceptors (Lipinski definition) is 3. The fourth-order valence-corrected chi connectivity index (χ4v) is 2.32. The van der Waals surface area contributed by atoms with Gasteiger partial charge >= 0.3 is 0 Å². The van der Waals surface area contributed by atoms with Gasteiger partial charge in [-0.15, -0.1) is 0 Å². The van der Waals surface area contributed by atoms with E-state index in [0.717, 1.165) is 24.2 Å². The van der Waals surface area contributed by atoms with Crippen molar-refractivity contribution in [2.24, 2.45) is 5.90 Å². The third-order valence-corrected chi connectivity index (χ3v) is 3.06. The highest BCUT2D eigenvalue weighted by Crippen LogP contribution is 2.31. The second-order valence-electron chi connectivity index (χ2n) is 3.90. The third kappa shape index (κ3) is 1.98. The fourth-order valence-electron chi connectivity index (χ4n) is 2.32. The molecule has 0 aromatic heterocycles. The molecular weight excluding hydrogens is 190 g/mol. The standard InChI is InChI=1S/C12H17NO2/c1-14-12-7-6-9-4-2-3-5-10(9)11(12)8-15-13/h6-7H,2-5,8,13H2,1H3. The van der Waals surface area contributed by atoms with Crippen molar-refractivity contribution in [2.75, 3.05) is 7.11 Å². The first kappa shape index (κ1) is 10.5. The van der Waals surface area contributed by atoms with Crippen LogP contribution in [0.1, 0.15) is 29.5 Å². The Kier molecular flexibility index (Phi) is 3.23. The Balaban J connectivity index is 2.44. The minimum absolute atomic E-state index is 0.437. The van der Waals surface area contributed by atoms with Crippen LogP contribution in [0.15, 0.2) is 12.1 Å². The van der Waals surface area contributed by atoms with E-state index in [0.29, 0.717) is 6.61 Å². The van der Waals surface area contributed by atoms with Crippen LogP contribution in [0.3, 0.4) is 0 Å². The van der Waals surface area contributed by atoms with Crippen molar-refractivity contribution in [3.05, 3.63) is 28.8 Å². The van der Waals surface area contributed by atoms with E-state index in [9.17, 15) is 0 Å². The Hall–Kier alpha value is -1.06. The van der Waals surface area contributed by atoms with Gasteiger partial charge in [-0.05, 0) is 42.9 Å². The molecule has 0 atom stereocenters. The molecule has 0 saturated heterocycles. The molecule has 0 amide bonds. The number of rotatable bonds is 3. The van der Waals surface area contributed by atoms with Crippen LogP contribution in [0.2, 0.25) is 0 Å². The number of hydrogen-bond donors (Lipinski definition) is 1. The lowest BCUT2D eigenvalue weighted by Gasteiger charge is -2.21. The summed E-state index contributed by atoms with van der Waals surface area (Å²) in [4.78, 5) is 4.76. The zero-order valence-electron chi connectivity index (χ0n) is 9.08. The summed E-state index contributed by atoms with van der Waals surface area (Å²) in [6.07, 6.45) is 4.81. The van der Waals surface area contributed by atoms with Crippen LogP contribution < -0.4 is 10.6 Å². The predicted octanol–water partition coefficient (Wildman–Crippen LogP) is 1.96. The first-order valence-corrected chi connectivity index (χ1v) is 5.36. The first-order valence-electron chi connectivity index (χ1n) is 5.36. The van der Waals surface area contributed by atoms with E-state index >= 15 is 0 Å². The normalized spacial score (nSPS) is 14.8. The van der Waals surface area contributed by atoms with Crippen molar-refractivity contribution in [1.29, 1.82) is 0 Å². The number of ether oxygens (including phenoxy) is 1. The molecule has 15 heavy (non-hydrogen) atoms. The van der Waals surface area contributed by atoms with Gasteiger partial charge in [0.05, 0.1) is 13.7 Å². The molecule has 0 saturated carbocycles.